The molecule has 0 aliphatic heterocycles. The molecule has 1 aliphatic rings. The molecule has 1 atom stereocenters. The Morgan fingerprint density at radius 2 is 1.71 bits per heavy atom. The Hall–Kier alpha value is -2.48. The molecule has 2 aromatic heterocycles. The quantitative estimate of drug-likeness (QED) is 0.451. The van der Waals surface area contributed by atoms with E-state index in [2.05, 4.69) is 65.4 Å². The van der Waals surface area contributed by atoms with Gasteiger partial charge in [-0.3, -0.25) is 0 Å². The molecule has 102 valence electrons. The zero-order chi connectivity index (χ0) is 14.0. The van der Waals surface area contributed by atoms with Gasteiger partial charge in [-0.25, -0.2) is 0 Å². The molecular weight excluding hydrogens is 256 g/mol. The van der Waals surface area contributed by atoms with E-state index in [0.29, 0.717) is 5.92 Å². The first kappa shape index (κ1) is 11.2. The highest BCUT2D eigenvalue weighted by molar-refractivity contribution is 6.17. The summed E-state index contributed by atoms with van der Waals surface area (Å²) < 4.78 is 0. The zero-order valence-electron chi connectivity index (χ0n) is 11.9. The van der Waals surface area contributed by atoms with Gasteiger partial charge in [-0.05, 0) is 18.4 Å². The van der Waals surface area contributed by atoms with E-state index in [0.717, 1.165) is 6.42 Å². The summed E-state index contributed by atoms with van der Waals surface area (Å²) in [5.74, 6) is 0.615. The van der Waals surface area contributed by atoms with Crippen LogP contribution in [0.25, 0.3) is 38.8 Å². The van der Waals surface area contributed by atoms with Gasteiger partial charge in [-0.1, -0.05) is 49.4 Å². The fourth-order valence-corrected chi connectivity index (χ4v) is 3.66. The minimum Gasteiger partial charge on any atom is -0.356 e. The van der Waals surface area contributed by atoms with Gasteiger partial charge in [0.1, 0.15) is 0 Å². The van der Waals surface area contributed by atoms with Crippen LogP contribution in [0.2, 0.25) is 0 Å². The number of aromatic amines is 2. The Balaban J connectivity index is 1.95. The third kappa shape index (κ3) is 1.42. The molecule has 0 bridgehead atoms. The summed E-state index contributed by atoms with van der Waals surface area (Å²) in [7, 11) is 0. The number of benzene rings is 2. The molecule has 0 spiro atoms. The lowest BCUT2D eigenvalue weighted by Crippen LogP contribution is -2.01. The number of nitrogens with one attached hydrogen (secondary N) is 2. The summed E-state index contributed by atoms with van der Waals surface area (Å²) in [5.41, 5.74) is 6.41. The van der Waals surface area contributed by atoms with Crippen LogP contribution in [-0.4, -0.2) is 9.97 Å². The van der Waals surface area contributed by atoms with E-state index in [1.54, 1.807) is 0 Å². The molecule has 0 saturated heterocycles. The maximum absolute atomic E-state index is 3.67. The second-order valence-electron chi connectivity index (χ2n) is 6.14. The average molecular weight is 272 g/mol. The first-order chi connectivity index (χ1) is 10.3. The molecule has 0 amide bonds. The highest BCUT2D eigenvalue weighted by Crippen LogP contribution is 2.36. The third-order valence-corrected chi connectivity index (χ3v) is 4.69. The molecule has 0 fully saturated rings. The van der Waals surface area contributed by atoms with E-state index >= 15 is 0 Å². The number of para-hydroxylation sites is 1. The Labute approximate surface area is 122 Å². The molecular formula is C19H16N2. The van der Waals surface area contributed by atoms with Crippen LogP contribution in [-0.2, 0) is 6.42 Å². The molecule has 2 heterocycles. The predicted molar refractivity (Wildman–Crippen MR) is 89.6 cm³/mol. The minimum atomic E-state index is 0.615. The number of fused-ring (bicyclic) bond motifs is 7. The summed E-state index contributed by atoms with van der Waals surface area (Å²) in [5, 5.41) is 3.92. The molecule has 5 rings (SSSR count). The van der Waals surface area contributed by atoms with Crippen molar-refractivity contribution in [2.24, 2.45) is 5.92 Å². The lowest BCUT2D eigenvalue weighted by molar-refractivity contribution is 0.705. The van der Waals surface area contributed by atoms with Crippen molar-refractivity contribution in [3.63, 3.8) is 0 Å². The molecule has 2 N–H and O–H groups in total. The molecule has 4 aromatic rings. The smallest absolute Gasteiger partial charge is 0.0710 e. The van der Waals surface area contributed by atoms with Gasteiger partial charge in [-0.2, -0.15) is 0 Å². The number of allylic oxidation sites excluding steroid dienone is 1. The molecule has 2 aromatic carbocycles. The molecule has 2 nitrogen and oxygen atoms in total. The van der Waals surface area contributed by atoms with E-state index in [1.165, 1.54) is 44.0 Å². The highest BCUT2D eigenvalue weighted by atomic mass is 14.8. The van der Waals surface area contributed by atoms with Crippen molar-refractivity contribution in [2.45, 2.75) is 13.3 Å². The normalized spacial score (nSPS) is 17.9. The molecule has 21 heavy (non-hydrogen) atoms. The summed E-state index contributed by atoms with van der Waals surface area (Å²) in [6.07, 6.45) is 5.68. The Bertz CT molecular complexity index is 1030. The highest BCUT2D eigenvalue weighted by Gasteiger charge is 2.17. The number of H-pyrrole nitrogens is 2. The van der Waals surface area contributed by atoms with Crippen LogP contribution in [0.5, 0.6) is 0 Å². The monoisotopic (exact) mass is 272 g/mol. The fraction of sp³-hybridized carbons (Fsp3) is 0.158. The van der Waals surface area contributed by atoms with Gasteiger partial charge in [0.25, 0.3) is 0 Å². The van der Waals surface area contributed by atoms with Gasteiger partial charge in [0, 0.05) is 32.9 Å². The standard InChI is InChI=1S/C19H16N2/c1-11-6-7-13-15-9-8-14-12-4-2-3-5-16(12)20-18(14)19(15)21-17(13)10-11/h2-9,11,20-21H,10H2,1H3. The van der Waals surface area contributed by atoms with Crippen LogP contribution in [0.15, 0.2) is 42.5 Å². The van der Waals surface area contributed by atoms with Crippen LogP contribution < -0.4 is 0 Å². The Morgan fingerprint density at radius 3 is 2.67 bits per heavy atom. The van der Waals surface area contributed by atoms with Crippen molar-refractivity contribution in [2.75, 3.05) is 0 Å². The van der Waals surface area contributed by atoms with Gasteiger partial charge >= 0.3 is 0 Å². The molecule has 0 radical (unpaired) electrons. The van der Waals surface area contributed by atoms with E-state index in [9.17, 15) is 0 Å². The van der Waals surface area contributed by atoms with Gasteiger partial charge in [-0.15, -0.1) is 0 Å². The zero-order valence-corrected chi connectivity index (χ0v) is 11.9. The van der Waals surface area contributed by atoms with Crippen LogP contribution in [0.1, 0.15) is 18.2 Å². The van der Waals surface area contributed by atoms with E-state index in [4.69, 9.17) is 0 Å². The summed E-state index contributed by atoms with van der Waals surface area (Å²) in [4.78, 5) is 7.25. The van der Waals surface area contributed by atoms with Crippen LogP contribution >= 0.6 is 0 Å². The Morgan fingerprint density at radius 1 is 0.905 bits per heavy atom. The van der Waals surface area contributed by atoms with Crippen molar-refractivity contribution >= 4 is 38.8 Å². The van der Waals surface area contributed by atoms with Crippen LogP contribution in [0.4, 0.5) is 0 Å². The van der Waals surface area contributed by atoms with Gasteiger partial charge in [0.15, 0.2) is 0 Å². The topological polar surface area (TPSA) is 31.6 Å². The molecule has 1 unspecified atom stereocenters. The van der Waals surface area contributed by atoms with Gasteiger partial charge < -0.3 is 9.97 Å². The predicted octanol–water partition coefficient (Wildman–Crippen LogP) is 5.01. The number of hydrogen-bond donors (Lipinski definition) is 2. The summed E-state index contributed by atoms with van der Waals surface area (Å²) in [6, 6.07) is 13.0. The number of rotatable bonds is 0. The lowest BCUT2D eigenvalue weighted by Gasteiger charge is -2.11. The summed E-state index contributed by atoms with van der Waals surface area (Å²) in [6.45, 7) is 2.27. The maximum Gasteiger partial charge on any atom is 0.0710 e. The average Bonchev–Trinajstić information content (AvgIpc) is 3.04. The van der Waals surface area contributed by atoms with Crippen molar-refractivity contribution in [1.29, 1.82) is 0 Å². The van der Waals surface area contributed by atoms with E-state index in [-0.39, 0.29) is 0 Å². The second-order valence-corrected chi connectivity index (χ2v) is 6.14. The second kappa shape index (κ2) is 3.79. The van der Waals surface area contributed by atoms with Gasteiger partial charge in [0.05, 0.1) is 11.0 Å². The van der Waals surface area contributed by atoms with Crippen molar-refractivity contribution in [3.05, 3.63) is 53.7 Å². The fourth-order valence-electron chi connectivity index (χ4n) is 3.66. The van der Waals surface area contributed by atoms with Crippen molar-refractivity contribution in [3.8, 4) is 0 Å². The lowest BCUT2D eigenvalue weighted by atomic mass is 9.95. The number of hydrogen-bond acceptors (Lipinski definition) is 0. The first-order valence-electron chi connectivity index (χ1n) is 7.53. The van der Waals surface area contributed by atoms with E-state index in [1.807, 2.05) is 0 Å². The molecule has 1 aliphatic carbocycles. The van der Waals surface area contributed by atoms with Crippen molar-refractivity contribution < 1.29 is 0 Å². The SMILES string of the molecule is CC1C=Cc2c([nH]c3c2ccc2c4ccccc4[nH]c23)C1. The van der Waals surface area contributed by atoms with Crippen LogP contribution in [0, 0.1) is 5.92 Å². The minimum absolute atomic E-state index is 0.615. The summed E-state index contributed by atoms with van der Waals surface area (Å²) >= 11 is 0. The third-order valence-electron chi connectivity index (χ3n) is 4.69. The number of aromatic nitrogens is 2. The van der Waals surface area contributed by atoms with Crippen molar-refractivity contribution in [1.82, 2.24) is 9.97 Å². The Kier molecular flexibility index (Phi) is 2.02. The maximum atomic E-state index is 3.67. The molecule has 2 heteroatoms. The van der Waals surface area contributed by atoms with E-state index < -0.39 is 0 Å². The van der Waals surface area contributed by atoms with Gasteiger partial charge in [0.2, 0.25) is 0 Å². The largest absolute Gasteiger partial charge is 0.356 e. The van der Waals surface area contributed by atoms with Crippen LogP contribution in [0.3, 0.4) is 0 Å². The molecule has 0 saturated carbocycles. The first-order valence-corrected chi connectivity index (χ1v) is 7.53.